The van der Waals surface area contributed by atoms with E-state index in [2.05, 4.69) is 25.5 Å². The minimum absolute atomic E-state index is 0.00288. The molecule has 0 aliphatic carbocycles. The lowest BCUT2D eigenvalue weighted by molar-refractivity contribution is 0.0696. The van der Waals surface area contributed by atoms with Crippen LogP contribution < -0.4 is 4.74 Å². The number of nitrogens with one attached hydrogen (secondary N) is 1. The molecule has 4 aromatic rings. The average Bonchev–Trinajstić information content (AvgIpc) is 3.53. The van der Waals surface area contributed by atoms with E-state index in [0.29, 0.717) is 53.1 Å². The Balaban J connectivity index is 1.16. The lowest BCUT2D eigenvalue weighted by atomic mass is 10.1. The predicted molar refractivity (Wildman–Crippen MR) is 147 cm³/mol. The van der Waals surface area contributed by atoms with Crippen LogP contribution in [-0.2, 0) is 0 Å². The number of aromatic amines is 1. The van der Waals surface area contributed by atoms with Gasteiger partial charge in [0.15, 0.2) is 10.5 Å². The summed E-state index contributed by atoms with van der Waals surface area (Å²) in [6.45, 7) is 4.88. The van der Waals surface area contributed by atoms with Gasteiger partial charge in [0.25, 0.3) is 0 Å². The first-order valence-electron chi connectivity index (χ1n) is 12.5. The normalized spacial score (nSPS) is 14.0. The molecule has 15 heteroatoms. The number of carbonyl (C=O) groups is 2. The fourth-order valence-corrected chi connectivity index (χ4v) is 5.61. The summed E-state index contributed by atoms with van der Waals surface area (Å²) in [6.07, 6.45) is 2.38. The number of pyridine rings is 1. The van der Waals surface area contributed by atoms with Gasteiger partial charge in [-0.3, -0.25) is 0 Å². The van der Waals surface area contributed by atoms with Gasteiger partial charge in [-0.1, -0.05) is 25.6 Å². The Morgan fingerprint density at radius 1 is 1.15 bits per heavy atom. The van der Waals surface area contributed by atoms with E-state index in [4.69, 9.17) is 22.1 Å². The van der Waals surface area contributed by atoms with Crippen LogP contribution in [0.4, 0.5) is 4.79 Å². The fraction of sp³-hybridized carbons (Fsp3) is 0.320. The van der Waals surface area contributed by atoms with Crippen LogP contribution in [0.15, 0.2) is 47.8 Å². The molecule has 40 heavy (non-hydrogen) atoms. The zero-order chi connectivity index (χ0) is 28.4. The number of piperidine rings is 1. The van der Waals surface area contributed by atoms with Gasteiger partial charge in [-0.15, -0.1) is 5.10 Å². The Morgan fingerprint density at radius 3 is 2.48 bits per heavy atom. The quantitative estimate of drug-likeness (QED) is 0.268. The van der Waals surface area contributed by atoms with Crippen molar-refractivity contribution in [1.29, 1.82) is 0 Å². The van der Waals surface area contributed by atoms with E-state index in [1.807, 2.05) is 13.8 Å². The molecule has 0 bridgehead atoms. The molecule has 13 nitrogen and oxygen atoms in total. The number of ether oxygens (including phenoxy) is 1. The molecular formula is C25H26N8O5S2. The van der Waals surface area contributed by atoms with E-state index in [9.17, 15) is 14.7 Å². The topological polar surface area (TPSA) is 164 Å². The number of carbonyl (C=O) groups excluding carboxylic acids is 1. The summed E-state index contributed by atoms with van der Waals surface area (Å²) >= 11 is 6.84. The fourth-order valence-electron chi connectivity index (χ4n) is 4.25. The van der Waals surface area contributed by atoms with E-state index in [1.54, 1.807) is 33.8 Å². The van der Waals surface area contributed by atoms with Crippen molar-refractivity contribution < 1.29 is 24.5 Å². The molecule has 5 rings (SSSR count). The van der Waals surface area contributed by atoms with Gasteiger partial charge >= 0.3 is 12.1 Å². The standard InChI is InChI=1S/C25H26N8O5S2/c1-14(2)20-21(34)32(23(39)27-20)19-8-7-17(13-26-19)38-25(37)31-11-9-18(10-12-31)40-24-28-29-30-33(24)16-5-3-15(4-6-16)22(35)36/h3-8,13-14,18,34H,9-12H2,1-2H3,(H,27,39)(H,35,36). The summed E-state index contributed by atoms with van der Waals surface area (Å²) in [4.78, 5) is 32.8. The van der Waals surface area contributed by atoms with Crippen LogP contribution >= 0.6 is 24.0 Å². The molecular weight excluding hydrogens is 556 g/mol. The number of imidazole rings is 1. The van der Waals surface area contributed by atoms with Crippen LogP contribution in [0, 0.1) is 4.77 Å². The molecule has 4 heterocycles. The first-order valence-corrected chi connectivity index (χ1v) is 13.8. The molecule has 1 fully saturated rings. The third-order valence-electron chi connectivity index (χ3n) is 6.40. The number of aromatic nitrogens is 7. The highest BCUT2D eigenvalue weighted by Crippen LogP contribution is 2.31. The van der Waals surface area contributed by atoms with Gasteiger partial charge in [0, 0.05) is 18.3 Å². The van der Waals surface area contributed by atoms with Crippen LogP contribution in [0.2, 0.25) is 0 Å². The van der Waals surface area contributed by atoms with Crippen LogP contribution in [0.3, 0.4) is 0 Å². The number of rotatable bonds is 7. The zero-order valence-corrected chi connectivity index (χ0v) is 23.2. The number of tetrazole rings is 1. The van der Waals surface area contributed by atoms with Gasteiger partial charge in [0.05, 0.1) is 23.1 Å². The molecule has 1 aromatic carbocycles. The number of amides is 1. The van der Waals surface area contributed by atoms with Gasteiger partial charge < -0.3 is 24.8 Å². The lowest BCUT2D eigenvalue weighted by Crippen LogP contribution is -2.41. The summed E-state index contributed by atoms with van der Waals surface area (Å²) in [6, 6.07) is 9.55. The molecule has 0 atom stereocenters. The molecule has 0 saturated carbocycles. The second-order valence-corrected chi connectivity index (χ2v) is 11.1. The number of thioether (sulfide) groups is 1. The maximum absolute atomic E-state index is 12.8. The van der Waals surface area contributed by atoms with Crippen molar-refractivity contribution >= 4 is 36.0 Å². The highest BCUT2D eigenvalue weighted by Gasteiger charge is 2.27. The van der Waals surface area contributed by atoms with Crippen molar-refractivity contribution in [3.8, 4) is 23.1 Å². The molecule has 1 saturated heterocycles. The number of hydrogen-bond donors (Lipinski definition) is 3. The van der Waals surface area contributed by atoms with E-state index in [-0.39, 0.29) is 28.4 Å². The number of carboxylic acid groups (broad SMARTS) is 1. The smallest absolute Gasteiger partial charge is 0.415 e. The molecule has 0 spiro atoms. The van der Waals surface area contributed by atoms with E-state index in [0.717, 1.165) is 0 Å². The Hall–Kier alpha value is -4.24. The molecule has 208 valence electrons. The number of aromatic carboxylic acids is 1. The number of likely N-dealkylation sites (tertiary alicyclic amines) is 1. The number of H-pyrrole nitrogens is 1. The molecule has 1 aliphatic rings. The minimum Gasteiger partial charge on any atom is -0.493 e. The monoisotopic (exact) mass is 582 g/mol. The third-order valence-corrected chi connectivity index (χ3v) is 7.96. The second-order valence-electron chi connectivity index (χ2n) is 9.41. The lowest BCUT2D eigenvalue weighted by Gasteiger charge is -2.30. The average molecular weight is 583 g/mol. The van der Waals surface area contributed by atoms with Crippen LogP contribution in [0.1, 0.15) is 48.7 Å². The SMILES string of the molecule is CC(C)c1[nH]c(=S)n(-c2ccc(OC(=O)N3CCC(Sc4nnnn4-c4ccc(C(=O)O)cc4)CC3)cn2)c1O. The van der Waals surface area contributed by atoms with Gasteiger partial charge in [0.1, 0.15) is 5.82 Å². The Morgan fingerprint density at radius 2 is 1.88 bits per heavy atom. The first kappa shape index (κ1) is 27.3. The summed E-state index contributed by atoms with van der Waals surface area (Å²) in [5.41, 5.74) is 1.46. The second kappa shape index (κ2) is 11.5. The molecule has 3 N–H and O–H groups in total. The highest BCUT2D eigenvalue weighted by molar-refractivity contribution is 7.99. The van der Waals surface area contributed by atoms with Crippen molar-refractivity contribution in [1.82, 2.24) is 39.6 Å². The van der Waals surface area contributed by atoms with Gasteiger partial charge in [-0.05, 0) is 77.8 Å². The van der Waals surface area contributed by atoms with Crippen LogP contribution in [0.25, 0.3) is 11.5 Å². The van der Waals surface area contributed by atoms with E-state index in [1.165, 1.54) is 34.7 Å². The summed E-state index contributed by atoms with van der Waals surface area (Å²) in [5, 5.41) is 32.3. The maximum Gasteiger partial charge on any atom is 0.415 e. The van der Waals surface area contributed by atoms with Crippen molar-refractivity contribution in [2.24, 2.45) is 0 Å². The van der Waals surface area contributed by atoms with Gasteiger partial charge in [-0.2, -0.15) is 4.68 Å². The first-order chi connectivity index (χ1) is 19.2. The van der Waals surface area contributed by atoms with Gasteiger partial charge in [-0.25, -0.2) is 19.1 Å². The number of hydrogen-bond acceptors (Lipinski definition) is 10. The predicted octanol–water partition coefficient (Wildman–Crippen LogP) is 4.19. The Labute approximate surface area is 237 Å². The number of benzene rings is 1. The number of aromatic hydroxyl groups is 1. The van der Waals surface area contributed by atoms with E-state index >= 15 is 0 Å². The number of nitrogens with zero attached hydrogens (tertiary/aromatic N) is 7. The largest absolute Gasteiger partial charge is 0.493 e. The van der Waals surface area contributed by atoms with Gasteiger partial charge in [0.2, 0.25) is 11.0 Å². The summed E-state index contributed by atoms with van der Waals surface area (Å²) in [5.74, 6) is -0.257. The van der Waals surface area contributed by atoms with Crippen molar-refractivity contribution in [2.45, 2.75) is 43.0 Å². The third kappa shape index (κ3) is 5.70. The summed E-state index contributed by atoms with van der Waals surface area (Å²) < 4.78 is 8.85. The van der Waals surface area contributed by atoms with Crippen molar-refractivity contribution in [3.63, 3.8) is 0 Å². The molecule has 3 aromatic heterocycles. The Bertz CT molecular complexity index is 1570. The summed E-state index contributed by atoms with van der Waals surface area (Å²) in [7, 11) is 0. The van der Waals surface area contributed by atoms with Crippen molar-refractivity contribution in [2.75, 3.05) is 13.1 Å². The molecule has 0 radical (unpaired) electrons. The zero-order valence-electron chi connectivity index (χ0n) is 21.6. The number of carboxylic acids is 1. The molecule has 1 aliphatic heterocycles. The molecule has 1 amide bonds. The highest BCUT2D eigenvalue weighted by atomic mass is 32.2. The maximum atomic E-state index is 12.8. The van der Waals surface area contributed by atoms with Crippen molar-refractivity contribution in [3.05, 3.63) is 58.6 Å². The minimum atomic E-state index is -1.00. The van der Waals surface area contributed by atoms with Crippen LogP contribution in [0.5, 0.6) is 11.6 Å². The van der Waals surface area contributed by atoms with E-state index < -0.39 is 12.1 Å². The Kier molecular flexibility index (Phi) is 7.84. The van der Waals surface area contributed by atoms with Crippen LogP contribution in [-0.4, -0.2) is 80.3 Å². The molecule has 0 unspecified atom stereocenters.